The van der Waals surface area contributed by atoms with Gasteiger partial charge < -0.3 is 5.11 Å². The van der Waals surface area contributed by atoms with E-state index in [0.717, 1.165) is 53.4 Å². The molecule has 304 valence electrons. The summed E-state index contributed by atoms with van der Waals surface area (Å²) >= 11 is 0. The number of benzene rings is 3. The van der Waals surface area contributed by atoms with Crippen LogP contribution in [0.2, 0.25) is 0 Å². The van der Waals surface area contributed by atoms with Crippen molar-refractivity contribution in [1.29, 1.82) is 0 Å². The van der Waals surface area contributed by atoms with Gasteiger partial charge in [0.1, 0.15) is 22.5 Å². The minimum atomic E-state index is -3.63. The topological polar surface area (TPSA) is 97.1 Å². The summed E-state index contributed by atoms with van der Waals surface area (Å²) in [6.45, 7) is 18.1. The van der Waals surface area contributed by atoms with Gasteiger partial charge in [0.25, 0.3) is 0 Å². The standard InChI is InChI=1S/C47H72N4O3S/c1-9-10-11-12-13-14-15-16-17-18-19-20-21-22-23-26-33-48-55(53,54)39-31-29-37(30-32-39)47(7,8)40-34-38(46(5,6)36-45(2,3)4)35-43(44(40)52)51-49-41-27-24-25-28-42(41)50-51/h24-25,27-32,34-35,48,52H,9-23,26,33,36H2,1-8H3. The van der Waals surface area contributed by atoms with Crippen molar-refractivity contribution < 1.29 is 13.5 Å². The van der Waals surface area contributed by atoms with Crippen LogP contribution in [-0.4, -0.2) is 35.1 Å². The predicted molar refractivity (Wildman–Crippen MR) is 231 cm³/mol. The number of aromatic hydroxyl groups is 1. The third-order valence-corrected chi connectivity index (χ3v) is 12.7. The molecule has 2 N–H and O–H groups in total. The van der Waals surface area contributed by atoms with Crippen LogP contribution in [-0.2, 0) is 20.9 Å². The molecule has 1 heterocycles. The van der Waals surface area contributed by atoms with E-state index in [0.29, 0.717) is 12.2 Å². The van der Waals surface area contributed by atoms with Crippen LogP contribution in [0.15, 0.2) is 65.6 Å². The summed E-state index contributed by atoms with van der Waals surface area (Å²) in [7, 11) is -3.63. The average molecular weight is 773 g/mol. The smallest absolute Gasteiger partial charge is 0.240 e. The number of nitrogens with one attached hydrogen (secondary N) is 1. The molecule has 3 aromatic carbocycles. The van der Waals surface area contributed by atoms with Crippen molar-refractivity contribution in [2.75, 3.05) is 6.54 Å². The summed E-state index contributed by atoms with van der Waals surface area (Å²) in [5, 5.41) is 21.4. The summed E-state index contributed by atoms with van der Waals surface area (Å²) in [5.74, 6) is 0.109. The Hall–Kier alpha value is -3.23. The molecular formula is C47H72N4O3S. The van der Waals surface area contributed by atoms with Gasteiger partial charge in [-0.3, -0.25) is 0 Å². The van der Waals surface area contributed by atoms with E-state index in [2.05, 4.69) is 66.2 Å². The zero-order chi connectivity index (χ0) is 40.1. The van der Waals surface area contributed by atoms with E-state index in [9.17, 15) is 13.5 Å². The summed E-state index contributed by atoms with van der Waals surface area (Å²) in [5.41, 5.74) is 3.95. The van der Waals surface area contributed by atoms with Crippen LogP contribution < -0.4 is 4.72 Å². The highest BCUT2D eigenvalue weighted by Gasteiger charge is 2.34. The fourth-order valence-electron chi connectivity index (χ4n) is 8.20. The second-order valence-electron chi connectivity index (χ2n) is 18.3. The Kier molecular flexibility index (Phi) is 16.4. The molecule has 4 aromatic rings. The lowest BCUT2D eigenvalue weighted by atomic mass is 9.70. The SMILES string of the molecule is CCCCCCCCCCCCCCCCCCNS(=O)(=O)c1ccc(C(C)(C)c2cc(C(C)(C)CC(C)(C)C)cc(-n3nc4ccccc4n3)c2O)cc1. The first-order chi connectivity index (χ1) is 26.0. The van der Waals surface area contributed by atoms with E-state index in [-0.39, 0.29) is 21.5 Å². The molecule has 0 fully saturated rings. The van der Waals surface area contributed by atoms with Crippen molar-refractivity contribution >= 4 is 21.1 Å². The number of nitrogens with zero attached hydrogens (tertiary/aromatic N) is 3. The molecule has 55 heavy (non-hydrogen) atoms. The number of hydrogen-bond donors (Lipinski definition) is 2. The second-order valence-corrected chi connectivity index (χ2v) is 20.1. The van der Waals surface area contributed by atoms with Gasteiger partial charge in [0.2, 0.25) is 10.0 Å². The highest BCUT2D eigenvalue weighted by atomic mass is 32.2. The maximum absolute atomic E-state index is 13.3. The lowest BCUT2D eigenvalue weighted by Gasteiger charge is -2.35. The molecule has 0 aliphatic rings. The van der Waals surface area contributed by atoms with E-state index in [1.54, 1.807) is 12.1 Å². The highest BCUT2D eigenvalue weighted by molar-refractivity contribution is 7.89. The Morgan fingerprint density at radius 2 is 1.11 bits per heavy atom. The van der Waals surface area contributed by atoms with E-state index in [4.69, 9.17) is 10.2 Å². The molecular weight excluding hydrogens is 701 g/mol. The quantitative estimate of drug-likeness (QED) is 0.0691. The van der Waals surface area contributed by atoms with Crippen molar-refractivity contribution in [2.24, 2.45) is 5.41 Å². The molecule has 7 nitrogen and oxygen atoms in total. The lowest BCUT2D eigenvalue weighted by molar-refractivity contribution is 0.283. The molecule has 0 aliphatic heterocycles. The summed E-state index contributed by atoms with van der Waals surface area (Å²) in [4.78, 5) is 1.79. The van der Waals surface area contributed by atoms with Gasteiger partial charge in [0.15, 0.2) is 0 Å². The first-order valence-corrected chi connectivity index (χ1v) is 22.8. The van der Waals surface area contributed by atoms with Gasteiger partial charge in [0.05, 0.1) is 4.90 Å². The summed E-state index contributed by atoms with van der Waals surface area (Å²) in [6, 6.07) is 18.9. The Balaban J connectivity index is 1.34. The van der Waals surface area contributed by atoms with E-state index >= 15 is 0 Å². The molecule has 0 atom stereocenters. The largest absolute Gasteiger partial charge is 0.505 e. The Morgan fingerprint density at radius 1 is 0.636 bits per heavy atom. The summed E-state index contributed by atoms with van der Waals surface area (Å²) < 4.78 is 29.3. The van der Waals surface area contributed by atoms with Crippen LogP contribution in [0.4, 0.5) is 0 Å². The molecule has 0 saturated carbocycles. The average Bonchev–Trinajstić information content (AvgIpc) is 3.56. The first-order valence-electron chi connectivity index (χ1n) is 21.4. The number of aromatic nitrogens is 3. The number of phenols is 1. The molecule has 8 heteroatoms. The van der Waals surface area contributed by atoms with E-state index in [1.807, 2.05) is 42.5 Å². The molecule has 0 unspecified atom stereocenters. The second kappa shape index (κ2) is 20.3. The number of fused-ring (bicyclic) bond motifs is 1. The van der Waals surface area contributed by atoms with Crippen LogP contribution in [0.5, 0.6) is 5.75 Å². The van der Waals surface area contributed by atoms with E-state index < -0.39 is 15.4 Å². The van der Waals surface area contributed by atoms with E-state index in [1.165, 1.54) is 88.3 Å². The van der Waals surface area contributed by atoms with Crippen LogP contribution in [0.3, 0.4) is 0 Å². The Bertz CT molecular complexity index is 1840. The Labute approximate surface area is 334 Å². The van der Waals surface area contributed by atoms with Gasteiger partial charge in [-0.05, 0) is 65.1 Å². The van der Waals surface area contributed by atoms with Gasteiger partial charge >= 0.3 is 0 Å². The number of hydrogen-bond acceptors (Lipinski definition) is 5. The minimum absolute atomic E-state index is 0.0805. The minimum Gasteiger partial charge on any atom is -0.505 e. The fourth-order valence-corrected chi connectivity index (χ4v) is 9.28. The normalized spacial score (nSPS) is 12.9. The van der Waals surface area contributed by atoms with Gasteiger partial charge in [-0.1, -0.05) is 182 Å². The van der Waals surface area contributed by atoms with Crippen molar-refractivity contribution in [3.05, 3.63) is 77.4 Å². The van der Waals surface area contributed by atoms with Crippen molar-refractivity contribution in [2.45, 2.75) is 180 Å². The number of phenolic OH excluding ortho intramolecular Hbond substituents is 1. The van der Waals surface area contributed by atoms with Crippen LogP contribution in [0.1, 0.15) is 181 Å². The van der Waals surface area contributed by atoms with Gasteiger partial charge in [-0.25, -0.2) is 13.1 Å². The fraction of sp³-hybridized carbons (Fsp3) is 0.617. The van der Waals surface area contributed by atoms with Crippen molar-refractivity contribution in [3.8, 4) is 11.4 Å². The summed E-state index contributed by atoms with van der Waals surface area (Å²) in [6.07, 6.45) is 21.6. The van der Waals surface area contributed by atoms with Crippen LogP contribution in [0, 0.1) is 5.41 Å². The zero-order valence-corrected chi connectivity index (χ0v) is 36.3. The van der Waals surface area contributed by atoms with Gasteiger partial charge in [-0.15, -0.1) is 15.0 Å². The zero-order valence-electron chi connectivity index (χ0n) is 35.5. The van der Waals surface area contributed by atoms with Gasteiger partial charge in [0, 0.05) is 17.5 Å². The molecule has 0 bridgehead atoms. The third kappa shape index (κ3) is 13.2. The number of unbranched alkanes of at least 4 members (excludes halogenated alkanes) is 15. The molecule has 0 aliphatic carbocycles. The van der Waals surface area contributed by atoms with Crippen LogP contribution in [0.25, 0.3) is 16.7 Å². The van der Waals surface area contributed by atoms with Crippen LogP contribution >= 0.6 is 0 Å². The van der Waals surface area contributed by atoms with Gasteiger partial charge in [-0.2, -0.15) is 0 Å². The maximum atomic E-state index is 13.3. The molecule has 1 aromatic heterocycles. The first kappa shape index (κ1) is 44.5. The monoisotopic (exact) mass is 773 g/mol. The molecule has 0 saturated heterocycles. The maximum Gasteiger partial charge on any atom is 0.240 e. The molecule has 4 rings (SSSR count). The van der Waals surface area contributed by atoms with Crippen molar-refractivity contribution in [3.63, 3.8) is 0 Å². The Morgan fingerprint density at radius 3 is 1.58 bits per heavy atom. The molecule has 0 amide bonds. The predicted octanol–water partition coefficient (Wildman–Crippen LogP) is 12.7. The number of sulfonamides is 1. The molecule has 0 radical (unpaired) electrons. The molecule has 0 spiro atoms. The third-order valence-electron chi connectivity index (χ3n) is 11.2. The number of rotatable bonds is 24. The lowest BCUT2D eigenvalue weighted by Crippen LogP contribution is -2.27. The highest BCUT2D eigenvalue weighted by Crippen LogP contribution is 2.45. The van der Waals surface area contributed by atoms with Crippen molar-refractivity contribution in [1.82, 2.24) is 19.7 Å².